The first kappa shape index (κ1) is 16.9. The van der Waals surface area contributed by atoms with Crippen LogP contribution in [0, 0.1) is 11.8 Å². The van der Waals surface area contributed by atoms with Gasteiger partial charge in [-0.2, -0.15) is 0 Å². The first-order chi connectivity index (χ1) is 11.2. The second-order valence-electron chi connectivity index (χ2n) is 7.70. The zero-order chi connectivity index (χ0) is 16.1. The summed E-state index contributed by atoms with van der Waals surface area (Å²) in [6.07, 6.45) is 5.50. The number of hydrogen-bond donors (Lipinski definition) is 1. The summed E-state index contributed by atoms with van der Waals surface area (Å²) < 4.78 is 0. The molecule has 3 nitrogen and oxygen atoms in total. The lowest BCUT2D eigenvalue weighted by molar-refractivity contribution is 0.109. The quantitative estimate of drug-likeness (QED) is 0.904. The van der Waals surface area contributed by atoms with Gasteiger partial charge in [-0.25, -0.2) is 0 Å². The molecule has 0 spiro atoms. The highest BCUT2D eigenvalue weighted by Crippen LogP contribution is 2.23. The van der Waals surface area contributed by atoms with Gasteiger partial charge in [0.25, 0.3) is 0 Å². The van der Waals surface area contributed by atoms with Gasteiger partial charge in [-0.3, -0.25) is 4.90 Å². The number of hydrogen-bond acceptors (Lipinski definition) is 3. The number of likely N-dealkylation sites (tertiary alicyclic amines) is 2. The summed E-state index contributed by atoms with van der Waals surface area (Å²) in [5, 5.41) is 9.14. The SMILES string of the molecule is CC1CCN(CC2CCCN(Cc3ccc(CO)cc3)C2)CC1. The standard InChI is InChI=1S/C20H32N2O/c1-17-8-11-21(12-9-17)14-20-3-2-10-22(15-20)13-18-4-6-19(16-23)7-5-18/h4-7,17,20,23H,2-3,8-16H2,1H3. The summed E-state index contributed by atoms with van der Waals surface area (Å²) in [5.41, 5.74) is 2.37. The fourth-order valence-electron chi connectivity index (χ4n) is 4.06. The van der Waals surface area contributed by atoms with Crippen LogP contribution in [0.5, 0.6) is 0 Å². The second-order valence-corrected chi connectivity index (χ2v) is 7.70. The Morgan fingerprint density at radius 2 is 1.65 bits per heavy atom. The lowest BCUT2D eigenvalue weighted by Gasteiger charge is -2.38. The van der Waals surface area contributed by atoms with Gasteiger partial charge in [0.1, 0.15) is 0 Å². The number of aliphatic hydroxyl groups excluding tert-OH is 1. The molecule has 2 aliphatic rings. The van der Waals surface area contributed by atoms with Gasteiger partial charge in [0.15, 0.2) is 0 Å². The average molecular weight is 316 g/mol. The fourth-order valence-corrected chi connectivity index (χ4v) is 4.06. The molecule has 1 atom stereocenters. The third kappa shape index (κ3) is 5.03. The molecule has 0 radical (unpaired) electrons. The highest BCUT2D eigenvalue weighted by molar-refractivity contribution is 5.21. The van der Waals surface area contributed by atoms with Crippen LogP contribution in [0.3, 0.4) is 0 Å². The first-order valence-electron chi connectivity index (χ1n) is 9.36. The van der Waals surface area contributed by atoms with E-state index in [9.17, 15) is 0 Å². The molecule has 2 fully saturated rings. The predicted octanol–water partition coefficient (Wildman–Crippen LogP) is 3.12. The zero-order valence-corrected chi connectivity index (χ0v) is 14.6. The largest absolute Gasteiger partial charge is 0.392 e. The van der Waals surface area contributed by atoms with Crippen LogP contribution in [-0.4, -0.2) is 47.6 Å². The van der Waals surface area contributed by atoms with Crippen LogP contribution in [0.4, 0.5) is 0 Å². The molecule has 2 saturated heterocycles. The van der Waals surface area contributed by atoms with E-state index in [0.717, 1.165) is 23.9 Å². The molecule has 0 aromatic heterocycles. The van der Waals surface area contributed by atoms with Gasteiger partial charge in [0.05, 0.1) is 6.61 Å². The Morgan fingerprint density at radius 1 is 0.957 bits per heavy atom. The Kier molecular flexibility index (Phi) is 6.09. The minimum absolute atomic E-state index is 0.139. The lowest BCUT2D eigenvalue weighted by Crippen LogP contribution is -2.42. The van der Waals surface area contributed by atoms with E-state index in [-0.39, 0.29) is 6.61 Å². The molecule has 0 saturated carbocycles. The molecule has 3 heteroatoms. The topological polar surface area (TPSA) is 26.7 Å². The minimum atomic E-state index is 0.139. The molecule has 3 rings (SSSR count). The van der Waals surface area contributed by atoms with E-state index in [1.54, 1.807) is 0 Å². The van der Waals surface area contributed by atoms with Crippen molar-refractivity contribution >= 4 is 0 Å². The molecule has 2 aliphatic heterocycles. The van der Waals surface area contributed by atoms with Crippen molar-refractivity contribution in [3.05, 3.63) is 35.4 Å². The van der Waals surface area contributed by atoms with Crippen molar-refractivity contribution in [2.45, 2.75) is 45.8 Å². The molecule has 0 bridgehead atoms. The smallest absolute Gasteiger partial charge is 0.0681 e. The molecule has 23 heavy (non-hydrogen) atoms. The van der Waals surface area contributed by atoms with Crippen molar-refractivity contribution in [2.75, 3.05) is 32.7 Å². The third-order valence-electron chi connectivity index (χ3n) is 5.61. The Morgan fingerprint density at radius 3 is 2.35 bits per heavy atom. The maximum absolute atomic E-state index is 9.14. The molecule has 2 heterocycles. The number of nitrogens with zero attached hydrogens (tertiary/aromatic N) is 2. The monoisotopic (exact) mass is 316 g/mol. The minimum Gasteiger partial charge on any atom is -0.392 e. The van der Waals surface area contributed by atoms with Crippen LogP contribution in [0.1, 0.15) is 43.7 Å². The van der Waals surface area contributed by atoms with Crippen LogP contribution in [0.15, 0.2) is 24.3 Å². The van der Waals surface area contributed by atoms with Gasteiger partial charge >= 0.3 is 0 Å². The Hall–Kier alpha value is -0.900. The average Bonchev–Trinajstić information content (AvgIpc) is 2.58. The van der Waals surface area contributed by atoms with Crippen molar-refractivity contribution in [1.82, 2.24) is 9.80 Å². The molecule has 1 N–H and O–H groups in total. The van der Waals surface area contributed by atoms with E-state index in [1.807, 2.05) is 12.1 Å². The molecular formula is C20H32N2O. The molecule has 0 aliphatic carbocycles. The van der Waals surface area contributed by atoms with Crippen LogP contribution in [0.25, 0.3) is 0 Å². The summed E-state index contributed by atoms with van der Waals surface area (Å²) in [6, 6.07) is 8.43. The normalized spacial score (nSPS) is 24.9. The highest BCUT2D eigenvalue weighted by atomic mass is 16.3. The van der Waals surface area contributed by atoms with Crippen LogP contribution >= 0.6 is 0 Å². The highest BCUT2D eigenvalue weighted by Gasteiger charge is 2.24. The number of piperidine rings is 2. The summed E-state index contributed by atoms with van der Waals surface area (Å²) in [4.78, 5) is 5.32. The van der Waals surface area contributed by atoms with E-state index in [4.69, 9.17) is 5.11 Å². The van der Waals surface area contributed by atoms with Crippen molar-refractivity contribution in [1.29, 1.82) is 0 Å². The number of benzene rings is 1. The van der Waals surface area contributed by atoms with E-state index < -0.39 is 0 Å². The van der Waals surface area contributed by atoms with Crippen LogP contribution in [-0.2, 0) is 13.2 Å². The maximum atomic E-state index is 9.14. The molecular weight excluding hydrogens is 284 g/mol. The maximum Gasteiger partial charge on any atom is 0.0681 e. The Labute approximate surface area is 141 Å². The van der Waals surface area contributed by atoms with Gasteiger partial charge in [-0.1, -0.05) is 31.2 Å². The van der Waals surface area contributed by atoms with Crippen molar-refractivity contribution in [3.8, 4) is 0 Å². The van der Waals surface area contributed by atoms with E-state index in [1.165, 1.54) is 64.0 Å². The van der Waals surface area contributed by atoms with Crippen molar-refractivity contribution in [2.24, 2.45) is 11.8 Å². The molecule has 128 valence electrons. The molecule has 0 amide bonds. The van der Waals surface area contributed by atoms with E-state index in [0.29, 0.717) is 0 Å². The van der Waals surface area contributed by atoms with E-state index >= 15 is 0 Å². The van der Waals surface area contributed by atoms with Crippen LogP contribution in [0.2, 0.25) is 0 Å². The van der Waals surface area contributed by atoms with Gasteiger partial charge < -0.3 is 10.0 Å². The molecule has 1 unspecified atom stereocenters. The van der Waals surface area contributed by atoms with Gasteiger partial charge in [0, 0.05) is 19.6 Å². The summed E-state index contributed by atoms with van der Waals surface area (Å²) in [7, 11) is 0. The number of aliphatic hydroxyl groups is 1. The summed E-state index contributed by atoms with van der Waals surface area (Å²) >= 11 is 0. The fraction of sp³-hybridized carbons (Fsp3) is 0.700. The van der Waals surface area contributed by atoms with Crippen LogP contribution < -0.4 is 0 Å². The van der Waals surface area contributed by atoms with Gasteiger partial charge in [-0.05, 0) is 68.3 Å². The van der Waals surface area contributed by atoms with Crippen molar-refractivity contribution < 1.29 is 5.11 Å². The second kappa shape index (κ2) is 8.27. The zero-order valence-electron chi connectivity index (χ0n) is 14.6. The first-order valence-corrected chi connectivity index (χ1v) is 9.36. The predicted molar refractivity (Wildman–Crippen MR) is 95.2 cm³/mol. The number of rotatable bonds is 5. The van der Waals surface area contributed by atoms with Crippen molar-refractivity contribution in [3.63, 3.8) is 0 Å². The lowest BCUT2D eigenvalue weighted by atomic mass is 9.94. The Bertz CT molecular complexity index is 465. The Balaban J connectivity index is 1.47. The van der Waals surface area contributed by atoms with E-state index in [2.05, 4.69) is 28.9 Å². The van der Waals surface area contributed by atoms with Gasteiger partial charge in [-0.15, -0.1) is 0 Å². The molecule has 1 aromatic carbocycles. The summed E-state index contributed by atoms with van der Waals surface area (Å²) in [6.45, 7) is 9.97. The third-order valence-corrected chi connectivity index (χ3v) is 5.61. The molecule has 1 aromatic rings. The van der Waals surface area contributed by atoms with Gasteiger partial charge in [0.2, 0.25) is 0 Å². The summed E-state index contributed by atoms with van der Waals surface area (Å²) in [5.74, 6) is 1.77.